The van der Waals surface area contributed by atoms with Gasteiger partial charge in [-0.3, -0.25) is 9.78 Å². The van der Waals surface area contributed by atoms with Gasteiger partial charge in [0.15, 0.2) is 0 Å². The van der Waals surface area contributed by atoms with Crippen molar-refractivity contribution in [3.8, 4) is 11.1 Å². The van der Waals surface area contributed by atoms with E-state index in [2.05, 4.69) is 16.4 Å². The lowest BCUT2D eigenvalue weighted by Gasteiger charge is -2.14. The highest BCUT2D eigenvalue weighted by Crippen LogP contribution is 2.23. The van der Waals surface area contributed by atoms with E-state index in [4.69, 9.17) is 0 Å². The van der Waals surface area contributed by atoms with Crippen LogP contribution in [0, 0.1) is 0 Å². The minimum atomic E-state index is -0.170. The number of hydrogen-bond donors (Lipinski definition) is 1. The number of nitrogens with one attached hydrogen (secondary N) is 1. The van der Waals surface area contributed by atoms with Gasteiger partial charge in [0, 0.05) is 24.5 Å². The highest BCUT2D eigenvalue weighted by Gasteiger charge is 2.15. The standard InChI is InChI=1S/C21H20N2O/c1-16(17-8-3-2-4-9-17)21(24)23-15-19-10-5-6-12-20(19)18-11-7-13-22-14-18/h2-14,16H,15H2,1H3,(H,23,24)/t16-/m0/s1. The van der Waals surface area contributed by atoms with Gasteiger partial charge in [0.1, 0.15) is 0 Å². The molecule has 0 saturated carbocycles. The second kappa shape index (κ2) is 7.55. The second-order valence-electron chi connectivity index (χ2n) is 5.75. The van der Waals surface area contributed by atoms with Crippen molar-refractivity contribution in [3.63, 3.8) is 0 Å². The molecule has 0 aliphatic carbocycles. The third-order valence-corrected chi connectivity index (χ3v) is 4.14. The Morgan fingerprint density at radius 2 is 1.75 bits per heavy atom. The number of carbonyl (C=O) groups is 1. The third kappa shape index (κ3) is 3.69. The van der Waals surface area contributed by atoms with Crippen LogP contribution in [0.4, 0.5) is 0 Å². The van der Waals surface area contributed by atoms with Crippen molar-refractivity contribution < 1.29 is 4.79 Å². The van der Waals surface area contributed by atoms with Crippen LogP contribution in [0.3, 0.4) is 0 Å². The maximum atomic E-state index is 12.4. The van der Waals surface area contributed by atoms with Gasteiger partial charge in [-0.2, -0.15) is 0 Å². The topological polar surface area (TPSA) is 42.0 Å². The lowest BCUT2D eigenvalue weighted by atomic mass is 9.99. The molecule has 120 valence electrons. The van der Waals surface area contributed by atoms with Gasteiger partial charge in [-0.1, -0.05) is 60.7 Å². The number of pyridine rings is 1. The van der Waals surface area contributed by atoms with Gasteiger partial charge in [-0.15, -0.1) is 0 Å². The predicted molar refractivity (Wildman–Crippen MR) is 96.4 cm³/mol. The molecule has 1 N–H and O–H groups in total. The summed E-state index contributed by atoms with van der Waals surface area (Å²) in [5.41, 5.74) is 4.26. The zero-order valence-electron chi connectivity index (χ0n) is 13.6. The van der Waals surface area contributed by atoms with Gasteiger partial charge < -0.3 is 5.32 Å². The van der Waals surface area contributed by atoms with Crippen LogP contribution >= 0.6 is 0 Å². The van der Waals surface area contributed by atoms with E-state index >= 15 is 0 Å². The third-order valence-electron chi connectivity index (χ3n) is 4.14. The average Bonchev–Trinajstić information content (AvgIpc) is 2.67. The van der Waals surface area contributed by atoms with Crippen LogP contribution in [0.1, 0.15) is 24.0 Å². The fourth-order valence-corrected chi connectivity index (χ4v) is 2.71. The molecule has 3 rings (SSSR count). The number of nitrogens with zero attached hydrogens (tertiary/aromatic N) is 1. The Morgan fingerprint density at radius 3 is 2.50 bits per heavy atom. The zero-order valence-corrected chi connectivity index (χ0v) is 13.6. The summed E-state index contributed by atoms with van der Waals surface area (Å²) in [5.74, 6) is -0.140. The van der Waals surface area contributed by atoms with Gasteiger partial charge >= 0.3 is 0 Å². The molecule has 3 heteroatoms. The molecule has 2 aromatic carbocycles. The number of rotatable bonds is 5. The summed E-state index contributed by atoms with van der Waals surface area (Å²) < 4.78 is 0. The van der Waals surface area contributed by atoms with Crippen molar-refractivity contribution in [2.75, 3.05) is 0 Å². The first-order valence-electron chi connectivity index (χ1n) is 8.06. The van der Waals surface area contributed by atoms with E-state index in [0.717, 1.165) is 22.3 Å². The lowest BCUT2D eigenvalue weighted by molar-refractivity contribution is -0.122. The first-order chi connectivity index (χ1) is 11.8. The molecule has 0 radical (unpaired) electrons. The summed E-state index contributed by atoms with van der Waals surface area (Å²) >= 11 is 0. The van der Waals surface area contributed by atoms with Crippen molar-refractivity contribution >= 4 is 5.91 Å². The Kier molecular flexibility index (Phi) is 5.02. The molecule has 1 aromatic heterocycles. The van der Waals surface area contributed by atoms with Gasteiger partial charge in [0.05, 0.1) is 5.92 Å². The Morgan fingerprint density at radius 1 is 1.00 bits per heavy atom. The van der Waals surface area contributed by atoms with Crippen molar-refractivity contribution in [1.82, 2.24) is 10.3 Å². The molecule has 24 heavy (non-hydrogen) atoms. The maximum absolute atomic E-state index is 12.4. The normalized spacial score (nSPS) is 11.7. The molecule has 3 aromatic rings. The van der Waals surface area contributed by atoms with E-state index in [1.165, 1.54) is 0 Å². The molecule has 0 bridgehead atoms. The fourth-order valence-electron chi connectivity index (χ4n) is 2.71. The van der Waals surface area contributed by atoms with Crippen LogP contribution in [0.25, 0.3) is 11.1 Å². The van der Waals surface area contributed by atoms with Crippen LogP contribution in [-0.2, 0) is 11.3 Å². The SMILES string of the molecule is C[C@H](C(=O)NCc1ccccc1-c1cccnc1)c1ccccc1. The minimum absolute atomic E-state index is 0.0298. The molecule has 1 heterocycles. The molecule has 0 saturated heterocycles. The quantitative estimate of drug-likeness (QED) is 0.767. The molecule has 1 atom stereocenters. The highest BCUT2D eigenvalue weighted by molar-refractivity contribution is 5.83. The van der Waals surface area contributed by atoms with E-state index in [-0.39, 0.29) is 11.8 Å². The van der Waals surface area contributed by atoms with E-state index in [9.17, 15) is 4.79 Å². The molecule has 0 aliphatic rings. The largest absolute Gasteiger partial charge is 0.351 e. The smallest absolute Gasteiger partial charge is 0.227 e. The van der Waals surface area contributed by atoms with Crippen LogP contribution < -0.4 is 5.32 Å². The van der Waals surface area contributed by atoms with E-state index in [0.29, 0.717) is 6.54 Å². The van der Waals surface area contributed by atoms with Crippen molar-refractivity contribution in [1.29, 1.82) is 0 Å². The average molecular weight is 316 g/mol. The predicted octanol–water partition coefficient (Wildman–Crippen LogP) is 4.17. The monoisotopic (exact) mass is 316 g/mol. The van der Waals surface area contributed by atoms with Gasteiger partial charge in [0.25, 0.3) is 0 Å². The zero-order chi connectivity index (χ0) is 16.8. The maximum Gasteiger partial charge on any atom is 0.227 e. The molecule has 3 nitrogen and oxygen atoms in total. The number of hydrogen-bond acceptors (Lipinski definition) is 2. The highest BCUT2D eigenvalue weighted by atomic mass is 16.1. The molecule has 1 amide bonds. The van der Waals surface area contributed by atoms with Crippen LogP contribution in [-0.4, -0.2) is 10.9 Å². The number of benzene rings is 2. The summed E-state index contributed by atoms with van der Waals surface area (Å²) in [6.07, 6.45) is 3.60. The first kappa shape index (κ1) is 15.9. The Bertz CT molecular complexity index is 800. The molecular formula is C21H20N2O. The van der Waals surface area contributed by atoms with Gasteiger partial charge in [-0.05, 0) is 29.7 Å². The Balaban J connectivity index is 1.72. The van der Waals surface area contributed by atoms with Crippen LogP contribution in [0.5, 0.6) is 0 Å². The van der Waals surface area contributed by atoms with Crippen molar-refractivity contribution in [2.45, 2.75) is 19.4 Å². The molecule has 0 fully saturated rings. The molecular weight excluding hydrogens is 296 g/mol. The molecule has 0 spiro atoms. The number of carbonyl (C=O) groups excluding carboxylic acids is 1. The molecule has 0 aliphatic heterocycles. The Labute approximate surface area is 142 Å². The summed E-state index contributed by atoms with van der Waals surface area (Å²) in [5, 5.41) is 3.05. The second-order valence-corrected chi connectivity index (χ2v) is 5.75. The summed E-state index contributed by atoms with van der Waals surface area (Å²) in [6.45, 7) is 2.43. The number of aromatic nitrogens is 1. The van der Waals surface area contributed by atoms with E-state index < -0.39 is 0 Å². The Hall–Kier alpha value is -2.94. The van der Waals surface area contributed by atoms with Crippen LogP contribution in [0.2, 0.25) is 0 Å². The summed E-state index contributed by atoms with van der Waals surface area (Å²) in [4.78, 5) is 16.6. The van der Waals surface area contributed by atoms with Gasteiger partial charge in [0.2, 0.25) is 5.91 Å². The lowest BCUT2D eigenvalue weighted by Crippen LogP contribution is -2.27. The minimum Gasteiger partial charge on any atom is -0.351 e. The van der Waals surface area contributed by atoms with E-state index in [1.54, 1.807) is 6.20 Å². The summed E-state index contributed by atoms with van der Waals surface area (Å²) in [6, 6.07) is 21.9. The van der Waals surface area contributed by atoms with Crippen LogP contribution in [0.15, 0.2) is 79.1 Å². The summed E-state index contributed by atoms with van der Waals surface area (Å²) in [7, 11) is 0. The van der Waals surface area contributed by atoms with Crippen molar-refractivity contribution in [3.05, 3.63) is 90.3 Å². The van der Waals surface area contributed by atoms with Crippen molar-refractivity contribution in [2.24, 2.45) is 0 Å². The van der Waals surface area contributed by atoms with Gasteiger partial charge in [-0.25, -0.2) is 0 Å². The molecule has 0 unspecified atom stereocenters. The fraction of sp³-hybridized carbons (Fsp3) is 0.143. The number of amides is 1. The van der Waals surface area contributed by atoms with E-state index in [1.807, 2.05) is 73.8 Å². The first-order valence-corrected chi connectivity index (χ1v) is 8.06.